The van der Waals surface area contributed by atoms with Crippen LogP contribution in [0.2, 0.25) is 0 Å². The maximum absolute atomic E-state index is 13.7. The first-order valence-corrected chi connectivity index (χ1v) is 10.8. The van der Waals surface area contributed by atoms with Gasteiger partial charge in [-0.2, -0.15) is 0 Å². The molecule has 0 unspecified atom stereocenters. The van der Waals surface area contributed by atoms with Gasteiger partial charge < -0.3 is 4.90 Å². The van der Waals surface area contributed by atoms with Gasteiger partial charge in [-0.05, 0) is 81.3 Å². The van der Waals surface area contributed by atoms with Crippen LogP contribution in [0.1, 0.15) is 63.1 Å². The minimum Gasteiger partial charge on any atom is -0.341 e. The Balaban J connectivity index is 1.26. The van der Waals surface area contributed by atoms with Crippen LogP contribution in [0.3, 0.4) is 0 Å². The molecule has 1 atom stereocenters. The Bertz CT molecular complexity index is 852. The molecule has 0 N–H and O–H groups in total. The van der Waals surface area contributed by atoms with Gasteiger partial charge in [-0.1, -0.05) is 6.07 Å². The van der Waals surface area contributed by atoms with Gasteiger partial charge in [0.1, 0.15) is 5.82 Å². The van der Waals surface area contributed by atoms with Crippen LogP contribution in [0.25, 0.3) is 5.65 Å². The van der Waals surface area contributed by atoms with Crippen molar-refractivity contribution in [3.05, 3.63) is 30.2 Å². The molecular weight excluding hydrogens is 336 g/mol. The fraction of sp³-hybridized carbons (Fsp3) is 0.682. The third kappa shape index (κ3) is 2.46. The average molecular weight is 364 g/mol. The predicted octanol–water partition coefficient (Wildman–Crippen LogP) is 3.65. The number of aromatic nitrogens is 3. The molecule has 1 amide bonds. The number of rotatable bonds is 2. The molecule has 4 saturated carbocycles. The second-order valence-electron chi connectivity index (χ2n) is 9.78. The predicted molar refractivity (Wildman–Crippen MR) is 102 cm³/mol. The van der Waals surface area contributed by atoms with Crippen molar-refractivity contribution < 1.29 is 4.79 Å². The number of carbonyl (C=O) groups is 1. The number of likely N-dealkylation sites (tertiary alicyclic amines) is 1. The van der Waals surface area contributed by atoms with Crippen LogP contribution < -0.4 is 0 Å². The number of hydrogen-bond acceptors (Lipinski definition) is 3. The van der Waals surface area contributed by atoms with E-state index < -0.39 is 0 Å². The van der Waals surface area contributed by atoms with Crippen molar-refractivity contribution in [2.75, 3.05) is 13.1 Å². The molecule has 0 aromatic carbocycles. The molecule has 0 radical (unpaired) electrons. The maximum Gasteiger partial charge on any atom is 0.228 e. The summed E-state index contributed by atoms with van der Waals surface area (Å²) in [6.07, 6.45) is 11.9. The molecule has 5 heteroatoms. The third-order valence-electron chi connectivity index (χ3n) is 7.91. The Morgan fingerprint density at radius 1 is 1.04 bits per heavy atom. The van der Waals surface area contributed by atoms with E-state index in [0.717, 1.165) is 74.4 Å². The Morgan fingerprint density at radius 3 is 2.52 bits per heavy atom. The molecule has 7 rings (SSSR count). The van der Waals surface area contributed by atoms with Crippen molar-refractivity contribution in [2.24, 2.45) is 23.2 Å². The van der Waals surface area contributed by atoms with E-state index >= 15 is 0 Å². The van der Waals surface area contributed by atoms with E-state index in [0.29, 0.717) is 11.8 Å². The van der Waals surface area contributed by atoms with E-state index in [-0.39, 0.29) is 5.41 Å². The van der Waals surface area contributed by atoms with E-state index in [1.165, 1.54) is 19.3 Å². The van der Waals surface area contributed by atoms with Crippen LogP contribution in [0.15, 0.2) is 24.4 Å². The van der Waals surface area contributed by atoms with Crippen LogP contribution >= 0.6 is 0 Å². The zero-order chi connectivity index (χ0) is 18.0. The van der Waals surface area contributed by atoms with Crippen molar-refractivity contribution in [3.63, 3.8) is 0 Å². The highest BCUT2D eigenvalue weighted by atomic mass is 16.2. The molecule has 2 aromatic rings. The molecule has 5 fully saturated rings. The van der Waals surface area contributed by atoms with Gasteiger partial charge in [-0.15, -0.1) is 10.2 Å². The van der Waals surface area contributed by atoms with Gasteiger partial charge in [0.2, 0.25) is 5.91 Å². The SMILES string of the molecule is O=C(N1CCC[C@H](c2nnc3ccccn23)C1)C12CC3CC(CC(C3)C1)C2. The summed E-state index contributed by atoms with van der Waals surface area (Å²) in [6.45, 7) is 1.74. The Morgan fingerprint density at radius 2 is 1.78 bits per heavy atom. The summed E-state index contributed by atoms with van der Waals surface area (Å²) in [5, 5.41) is 8.81. The van der Waals surface area contributed by atoms with Crippen LogP contribution in [-0.4, -0.2) is 38.5 Å². The molecule has 2 aromatic heterocycles. The van der Waals surface area contributed by atoms with Crippen molar-refractivity contribution in [1.82, 2.24) is 19.5 Å². The highest BCUT2D eigenvalue weighted by Crippen LogP contribution is 2.60. The number of carbonyl (C=O) groups excluding carboxylic acids is 1. The van der Waals surface area contributed by atoms with Crippen LogP contribution in [-0.2, 0) is 4.79 Å². The van der Waals surface area contributed by atoms with E-state index in [2.05, 4.69) is 19.5 Å². The normalized spacial score (nSPS) is 37.9. The first-order chi connectivity index (χ1) is 13.2. The summed E-state index contributed by atoms with van der Waals surface area (Å²) in [7, 11) is 0. The van der Waals surface area contributed by atoms with Crippen LogP contribution in [0.4, 0.5) is 0 Å². The first-order valence-electron chi connectivity index (χ1n) is 10.8. The minimum absolute atomic E-state index is 0.0243. The van der Waals surface area contributed by atoms with Crippen molar-refractivity contribution >= 4 is 11.6 Å². The number of piperidine rings is 1. The maximum atomic E-state index is 13.7. The summed E-state index contributed by atoms with van der Waals surface area (Å²) in [6, 6.07) is 6.02. The van der Waals surface area contributed by atoms with Gasteiger partial charge in [0.05, 0.1) is 5.41 Å². The molecule has 1 aliphatic heterocycles. The summed E-state index contributed by atoms with van der Waals surface area (Å²) in [5.41, 5.74) is 0.876. The molecule has 142 valence electrons. The Hall–Kier alpha value is -1.91. The van der Waals surface area contributed by atoms with Crippen LogP contribution in [0, 0.1) is 23.2 Å². The number of fused-ring (bicyclic) bond motifs is 1. The zero-order valence-corrected chi connectivity index (χ0v) is 15.9. The second kappa shape index (κ2) is 5.79. The second-order valence-corrected chi connectivity index (χ2v) is 9.78. The fourth-order valence-corrected chi connectivity index (χ4v) is 7.22. The van der Waals surface area contributed by atoms with Crippen molar-refractivity contribution in [1.29, 1.82) is 0 Å². The lowest BCUT2D eigenvalue weighted by Crippen LogP contribution is -2.56. The third-order valence-corrected chi connectivity index (χ3v) is 7.91. The molecule has 3 heterocycles. The van der Waals surface area contributed by atoms with Gasteiger partial charge in [0, 0.05) is 25.2 Å². The zero-order valence-electron chi connectivity index (χ0n) is 15.9. The molecule has 5 aliphatic rings. The van der Waals surface area contributed by atoms with Crippen LogP contribution in [0.5, 0.6) is 0 Å². The lowest BCUT2D eigenvalue weighted by molar-refractivity contribution is -0.159. The smallest absolute Gasteiger partial charge is 0.228 e. The van der Waals surface area contributed by atoms with E-state index in [1.54, 1.807) is 0 Å². The summed E-state index contributed by atoms with van der Waals surface area (Å²) < 4.78 is 2.10. The highest BCUT2D eigenvalue weighted by Gasteiger charge is 2.55. The average Bonchev–Trinajstić information content (AvgIpc) is 3.11. The minimum atomic E-state index is -0.0243. The summed E-state index contributed by atoms with van der Waals surface area (Å²) >= 11 is 0. The van der Waals surface area contributed by atoms with E-state index in [1.807, 2.05) is 24.4 Å². The quantitative estimate of drug-likeness (QED) is 0.817. The molecule has 27 heavy (non-hydrogen) atoms. The van der Waals surface area contributed by atoms with E-state index in [4.69, 9.17) is 0 Å². The molecule has 0 spiro atoms. The van der Waals surface area contributed by atoms with E-state index in [9.17, 15) is 4.79 Å². The molecule has 4 bridgehead atoms. The van der Waals surface area contributed by atoms with Gasteiger partial charge in [-0.25, -0.2) is 0 Å². The lowest BCUT2D eigenvalue weighted by atomic mass is 9.49. The molecule has 4 aliphatic carbocycles. The van der Waals surface area contributed by atoms with Gasteiger partial charge >= 0.3 is 0 Å². The van der Waals surface area contributed by atoms with Crippen molar-refractivity contribution in [2.45, 2.75) is 57.3 Å². The van der Waals surface area contributed by atoms with Gasteiger partial charge in [0.15, 0.2) is 5.65 Å². The number of amides is 1. The molecule has 5 nitrogen and oxygen atoms in total. The Labute approximate surface area is 160 Å². The van der Waals surface area contributed by atoms with Gasteiger partial charge in [-0.3, -0.25) is 9.20 Å². The molecular formula is C22H28N4O. The lowest BCUT2D eigenvalue weighted by Gasteiger charge is -2.57. The highest BCUT2D eigenvalue weighted by molar-refractivity contribution is 5.83. The molecule has 1 saturated heterocycles. The topological polar surface area (TPSA) is 50.5 Å². The van der Waals surface area contributed by atoms with Crippen molar-refractivity contribution in [3.8, 4) is 0 Å². The Kier molecular flexibility index (Phi) is 3.45. The summed E-state index contributed by atoms with van der Waals surface area (Å²) in [4.78, 5) is 15.9. The van der Waals surface area contributed by atoms with Gasteiger partial charge in [0.25, 0.3) is 0 Å². The summed E-state index contributed by atoms with van der Waals surface area (Å²) in [5.74, 6) is 4.26. The standard InChI is InChI=1S/C22H28N4O/c27-21(22-11-15-8-16(12-22)10-17(9-15)13-22)25-6-3-4-18(14-25)20-24-23-19-5-1-2-7-26(19)20/h1-2,5,7,15-18H,3-4,6,8-14H2/t15?,16?,17?,18-,22?/m0/s1. The monoisotopic (exact) mass is 364 g/mol. The number of nitrogens with zero attached hydrogens (tertiary/aromatic N) is 4. The fourth-order valence-electron chi connectivity index (χ4n) is 7.22. The largest absolute Gasteiger partial charge is 0.341 e. The number of hydrogen-bond donors (Lipinski definition) is 0. The first kappa shape index (κ1) is 16.1. The number of pyridine rings is 1.